The first-order valence-corrected chi connectivity index (χ1v) is 15.2. The Labute approximate surface area is 251 Å². The monoisotopic (exact) mass is 617 g/mol. The lowest BCUT2D eigenvalue weighted by molar-refractivity contribution is -0.140. The average molecular weight is 618 g/mol. The molecule has 2 atom stereocenters. The molecular formula is C31H37F2N3O6S. The minimum absolute atomic E-state index is 0.0309. The van der Waals surface area contributed by atoms with Gasteiger partial charge in [0.05, 0.1) is 24.8 Å². The SMILES string of the molecule is CC[C@H](C(=O)N[C@@H](C)CC)N(Cc1ccc(F)cc1)C(=O)CN(c1ccc(F)cc1)S(=O)(=O)c1ccc(OC)c(OC)c1. The van der Waals surface area contributed by atoms with Gasteiger partial charge in [0, 0.05) is 18.7 Å². The zero-order valence-electron chi connectivity index (χ0n) is 24.8. The van der Waals surface area contributed by atoms with E-state index < -0.39 is 46.1 Å². The van der Waals surface area contributed by atoms with E-state index >= 15 is 0 Å². The van der Waals surface area contributed by atoms with Crippen molar-refractivity contribution in [2.75, 3.05) is 25.1 Å². The normalized spacial score (nSPS) is 12.6. The van der Waals surface area contributed by atoms with Gasteiger partial charge in [-0.25, -0.2) is 17.2 Å². The molecule has 0 radical (unpaired) electrons. The first-order chi connectivity index (χ1) is 20.4. The number of halogens is 2. The van der Waals surface area contributed by atoms with Crippen molar-refractivity contribution >= 4 is 27.5 Å². The minimum atomic E-state index is -4.43. The average Bonchev–Trinajstić information content (AvgIpc) is 3.00. The highest BCUT2D eigenvalue weighted by atomic mass is 32.2. The van der Waals surface area contributed by atoms with Crippen molar-refractivity contribution in [3.63, 3.8) is 0 Å². The molecule has 0 unspecified atom stereocenters. The van der Waals surface area contributed by atoms with Gasteiger partial charge in [-0.1, -0.05) is 26.0 Å². The fraction of sp³-hybridized carbons (Fsp3) is 0.355. The summed E-state index contributed by atoms with van der Waals surface area (Å²) in [6, 6.07) is 13.0. The van der Waals surface area contributed by atoms with Gasteiger partial charge in [-0.3, -0.25) is 13.9 Å². The lowest BCUT2D eigenvalue weighted by Crippen LogP contribution is -2.53. The topological polar surface area (TPSA) is 105 Å². The molecule has 0 saturated heterocycles. The first kappa shape index (κ1) is 33.3. The summed E-state index contributed by atoms with van der Waals surface area (Å²) in [6.07, 6.45) is 0.893. The third kappa shape index (κ3) is 8.22. The Balaban J connectivity index is 2.09. The van der Waals surface area contributed by atoms with Crippen LogP contribution >= 0.6 is 0 Å². The van der Waals surface area contributed by atoms with Crippen LogP contribution in [0.25, 0.3) is 0 Å². The third-order valence-electron chi connectivity index (χ3n) is 6.99. The van der Waals surface area contributed by atoms with E-state index in [1.165, 1.54) is 73.7 Å². The van der Waals surface area contributed by atoms with Crippen LogP contribution in [-0.4, -0.2) is 58.0 Å². The molecule has 0 heterocycles. The van der Waals surface area contributed by atoms with Gasteiger partial charge in [0.15, 0.2) is 11.5 Å². The summed E-state index contributed by atoms with van der Waals surface area (Å²) in [4.78, 5) is 28.5. The summed E-state index contributed by atoms with van der Waals surface area (Å²) < 4.78 is 66.9. The maximum atomic E-state index is 14.1. The van der Waals surface area contributed by atoms with Crippen molar-refractivity contribution in [3.05, 3.63) is 83.9 Å². The molecule has 1 N–H and O–H groups in total. The standard InChI is InChI=1S/C31H37F2N3O6S/c1-6-21(3)34-31(38)27(7-2)35(19-22-8-10-23(32)11-9-22)30(37)20-36(25-14-12-24(33)13-15-25)43(39,40)26-16-17-28(41-4)29(18-26)42-5/h8-18,21,27H,6-7,19-20H2,1-5H3,(H,34,38)/t21-,27+/m0/s1. The Hall–Kier alpha value is -4.19. The van der Waals surface area contributed by atoms with E-state index in [4.69, 9.17) is 9.47 Å². The molecular weight excluding hydrogens is 580 g/mol. The Bertz CT molecular complexity index is 1500. The van der Waals surface area contributed by atoms with Crippen LogP contribution in [0.1, 0.15) is 39.2 Å². The number of methoxy groups -OCH3 is 2. The number of rotatable bonds is 14. The van der Waals surface area contributed by atoms with Crippen LogP contribution in [0.2, 0.25) is 0 Å². The van der Waals surface area contributed by atoms with Crippen LogP contribution < -0.4 is 19.1 Å². The number of hydrogen-bond acceptors (Lipinski definition) is 6. The summed E-state index contributed by atoms with van der Waals surface area (Å²) in [5, 5.41) is 2.89. The number of carbonyl (C=O) groups is 2. The molecule has 0 aromatic heterocycles. The van der Waals surface area contributed by atoms with E-state index in [2.05, 4.69) is 5.32 Å². The number of hydrogen-bond donors (Lipinski definition) is 1. The Morgan fingerprint density at radius 2 is 1.44 bits per heavy atom. The van der Waals surface area contributed by atoms with E-state index in [1.807, 2.05) is 13.8 Å². The minimum Gasteiger partial charge on any atom is -0.493 e. The Morgan fingerprint density at radius 1 is 0.860 bits per heavy atom. The van der Waals surface area contributed by atoms with Crippen LogP contribution in [0.5, 0.6) is 11.5 Å². The molecule has 0 aliphatic heterocycles. The number of benzene rings is 3. The number of nitrogens with one attached hydrogen (secondary N) is 1. The van der Waals surface area contributed by atoms with E-state index in [1.54, 1.807) is 6.92 Å². The molecule has 0 fully saturated rings. The van der Waals surface area contributed by atoms with E-state index in [0.29, 0.717) is 17.7 Å². The number of nitrogens with zero attached hydrogens (tertiary/aromatic N) is 2. The van der Waals surface area contributed by atoms with E-state index in [9.17, 15) is 26.8 Å². The molecule has 12 heteroatoms. The molecule has 3 aromatic rings. The fourth-order valence-corrected chi connectivity index (χ4v) is 5.82. The highest BCUT2D eigenvalue weighted by Crippen LogP contribution is 2.32. The molecule has 3 aromatic carbocycles. The second-order valence-electron chi connectivity index (χ2n) is 9.89. The lowest BCUT2D eigenvalue weighted by Gasteiger charge is -2.33. The Kier molecular flexibility index (Phi) is 11.5. The van der Waals surface area contributed by atoms with Gasteiger partial charge < -0.3 is 19.7 Å². The van der Waals surface area contributed by atoms with Gasteiger partial charge in [0.25, 0.3) is 10.0 Å². The second-order valence-corrected chi connectivity index (χ2v) is 11.8. The number of sulfonamides is 1. The quantitative estimate of drug-likeness (QED) is 0.276. The largest absolute Gasteiger partial charge is 0.493 e. The molecule has 0 aliphatic carbocycles. The van der Waals surface area contributed by atoms with Crippen LogP contribution in [0.4, 0.5) is 14.5 Å². The molecule has 232 valence electrons. The third-order valence-corrected chi connectivity index (χ3v) is 8.76. The number of ether oxygens (including phenoxy) is 2. The van der Waals surface area contributed by atoms with Crippen LogP contribution in [0.3, 0.4) is 0 Å². The van der Waals surface area contributed by atoms with E-state index in [0.717, 1.165) is 16.4 Å². The zero-order chi connectivity index (χ0) is 31.7. The highest BCUT2D eigenvalue weighted by molar-refractivity contribution is 7.92. The van der Waals surface area contributed by atoms with Crippen LogP contribution in [0.15, 0.2) is 71.6 Å². The van der Waals surface area contributed by atoms with Crippen molar-refractivity contribution in [1.82, 2.24) is 10.2 Å². The number of anilines is 1. The summed E-state index contributed by atoms with van der Waals surface area (Å²) in [6.45, 7) is 4.69. The molecule has 3 rings (SSSR count). The van der Waals surface area contributed by atoms with Gasteiger partial charge in [0.1, 0.15) is 24.2 Å². The van der Waals surface area contributed by atoms with Gasteiger partial charge >= 0.3 is 0 Å². The maximum absolute atomic E-state index is 14.1. The van der Waals surface area contributed by atoms with Crippen molar-refractivity contribution in [2.45, 2.75) is 57.1 Å². The van der Waals surface area contributed by atoms with Crippen LogP contribution in [0, 0.1) is 11.6 Å². The summed E-state index contributed by atoms with van der Waals surface area (Å²) in [5.74, 6) is -1.70. The lowest BCUT2D eigenvalue weighted by atomic mass is 10.1. The van der Waals surface area contributed by atoms with Crippen molar-refractivity contribution in [2.24, 2.45) is 0 Å². The predicted molar refractivity (Wildman–Crippen MR) is 159 cm³/mol. The van der Waals surface area contributed by atoms with Gasteiger partial charge in [-0.15, -0.1) is 0 Å². The summed E-state index contributed by atoms with van der Waals surface area (Å²) in [5.41, 5.74) is 0.573. The Morgan fingerprint density at radius 3 is 1.98 bits per heavy atom. The molecule has 43 heavy (non-hydrogen) atoms. The molecule has 2 amide bonds. The number of carbonyl (C=O) groups excluding carboxylic acids is 2. The van der Waals surface area contributed by atoms with Crippen molar-refractivity contribution in [3.8, 4) is 11.5 Å². The van der Waals surface area contributed by atoms with Crippen LogP contribution in [-0.2, 0) is 26.2 Å². The molecule has 0 spiro atoms. The predicted octanol–water partition coefficient (Wildman–Crippen LogP) is 4.90. The molecule has 0 saturated carbocycles. The van der Waals surface area contributed by atoms with Crippen molar-refractivity contribution in [1.29, 1.82) is 0 Å². The summed E-state index contributed by atoms with van der Waals surface area (Å²) >= 11 is 0. The maximum Gasteiger partial charge on any atom is 0.264 e. The second kappa shape index (κ2) is 14.8. The van der Waals surface area contributed by atoms with E-state index in [-0.39, 0.29) is 35.3 Å². The molecule has 0 bridgehead atoms. The smallest absolute Gasteiger partial charge is 0.264 e. The first-order valence-electron chi connectivity index (χ1n) is 13.8. The highest BCUT2D eigenvalue weighted by Gasteiger charge is 2.34. The summed E-state index contributed by atoms with van der Waals surface area (Å²) in [7, 11) is -1.66. The molecule has 0 aliphatic rings. The number of amides is 2. The van der Waals surface area contributed by atoms with Crippen molar-refractivity contribution < 1.29 is 36.3 Å². The fourth-order valence-electron chi connectivity index (χ4n) is 4.39. The zero-order valence-corrected chi connectivity index (χ0v) is 25.7. The van der Waals surface area contributed by atoms with Gasteiger partial charge in [0.2, 0.25) is 11.8 Å². The molecule has 9 nitrogen and oxygen atoms in total. The van der Waals surface area contributed by atoms with Gasteiger partial charge in [-0.05, 0) is 73.9 Å². The van der Waals surface area contributed by atoms with Gasteiger partial charge in [-0.2, -0.15) is 0 Å².